The molecule has 4 aliphatic rings. The summed E-state index contributed by atoms with van der Waals surface area (Å²) in [5.41, 5.74) is 1.83. The van der Waals surface area contributed by atoms with Crippen LogP contribution >= 0.6 is 0 Å². The van der Waals surface area contributed by atoms with E-state index in [4.69, 9.17) is 11.4 Å². The van der Waals surface area contributed by atoms with Gasteiger partial charge in [0, 0.05) is 25.1 Å². The summed E-state index contributed by atoms with van der Waals surface area (Å²) in [6.45, 7) is 3.30. The van der Waals surface area contributed by atoms with Crippen LogP contribution < -0.4 is 4.90 Å². The molecular weight excluding hydrogens is 374 g/mol. The molecule has 0 saturated carbocycles. The van der Waals surface area contributed by atoms with E-state index >= 15 is 0 Å². The van der Waals surface area contributed by atoms with Gasteiger partial charge in [-0.05, 0) is 49.9 Å². The third-order valence-electron chi connectivity index (χ3n) is 7.18. The Bertz CT molecular complexity index is 949. The molecule has 4 aliphatic heterocycles. The van der Waals surface area contributed by atoms with Gasteiger partial charge in [-0.1, -0.05) is 42.3 Å². The highest BCUT2D eigenvalue weighted by Crippen LogP contribution is 2.47. The number of anilines is 1. The largest absolute Gasteiger partial charge is 0.391 e. The van der Waals surface area contributed by atoms with Crippen LogP contribution in [0, 0.1) is 18.3 Å². The summed E-state index contributed by atoms with van der Waals surface area (Å²) in [4.78, 5) is 9.40. The van der Waals surface area contributed by atoms with Gasteiger partial charge in [0.1, 0.15) is 17.5 Å². The standard InChI is InChI=1S/C25H29N3O2/c1-2-23-25(30,19-10-13-27(23)14-11-19)21-8-9-24(28-15-12-20(29)17-28)26-22(21)16-18-6-4-3-5-7-18/h1,3-9,19-20,23,29-30H,10-17H2. The third kappa shape index (κ3) is 3.20. The van der Waals surface area contributed by atoms with Crippen LogP contribution in [-0.4, -0.2) is 58.4 Å². The lowest BCUT2D eigenvalue weighted by molar-refractivity contribution is -0.143. The quantitative estimate of drug-likeness (QED) is 0.767. The molecule has 2 bridgehead atoms. The molecule has 3 unspecified atom stereocenters. The molecule has 5 heterocycles. The molecule has 0 amide bonds. The van der Waals surface area contributed by atoms with Crippen molar-refractivity contribution in [2.45, 2.75) is 43.4 Å². The fourth-order valence-corrected chi connectivity index (χ4v) is 5.60. The second kappa shape index (κ2) is 7.70. The number of hydrogen-bond donors (Lipinski definition) is 2. The average Bonchev–Trinajstić information content (AvgIpc) is 3.21. The van der Waals surface area contributed by atoms with Gasteiger partial charge < -0.3 is 15.1 Å². The van der Waals surface area contributed by atoms with Gasteiger partial charge >= 0.3 is 0 Å². The lowest BCUT2D eigenvalue weighted by Crippen LogP contribution is -2.63. The minimum atomic E-state index is -1.08. The predicted molar refractivity (Wildman–Crippen MR) is 117 cm³/mol. The van der Waals surface area contributed by atoms with Crippen LogP contribution in [0.1, 0.15) is 36.1 Å². The minimum absolute atomic E-state index is 0.152. The lowest BCUT2D eigenvalue weighted by Gasteiger charge is -2.54. The Hall–Kier alpha value is -2.39. The summed E-state index contributed by atoms with van der Waals surface area (Å²) >= 11 is 0. The van der Waals surface area contributed by atoms with Gasteiger partial charge in [0.05, 0.1) is 11.8 Å². The molecule has 5 heteroatoms. The number of aliphatic hydroxyl groups is 2. The number of aliphatic hydroxyl groups excluding tert-OH is 1. The smallest absolute Gasteiger partial charge is 0.128 e. The van der Waals surface area contributed by atoms with Crippen LogP contribution in [0.2, 0.25) is 0 Å². The number of benzene rings is 1. The normalized spacial score (nSPS) is 32.9. The number of terminal acetylenes is 1. The van der Waals surface area contributed by atoms with Crippen molar-refractivity contribution in [2.75, 3.05) is 31.1 Å². The number of rotatable bonds is 4. The molecule has 0 radical (unpaired) electrons. The van der Waals surface area contributed by atoms with Crippen LogP contribution in [0.5, 0.6) is 0 Å². The minimum Gasteiger partial charge on any atom is -0.391 e. The van der Waals surface area contributed by atoms with Gasteiger partial charge in [-0.25, -0.2) is 4.98 Å². The number of piperidine rings is 3. The molecular formula is C25H29N3O2. The van der Waals surface area contributed by atoms with Gasteiger partial charge in [0.25, 0.3) is 0 Å². The topological polar surface area (TPSA) is 59.8 Å². The van der Waals surface area contributed by atoms with E-state index in [0.717, 1.165) is 61.5 Å². The maximum Gasteiger partial charge on any atom is 0.128 e. The summed E-state index contributed by atoms with van der Waals surface area (Å²) in [6, 6.07) is 14.0. The van der Waals surface area contributed by atoms with Crippen LogP contribution in [0.3, 0.4) is 0 Å². The van der Waals surface area contributed by atoms with E-state index < -0.39 is 5.60 Å². The number of aromatic nitrogens is 1. The highest BCUT2D eigenvalue weighted by Gasteiger charge is 2.54. The summed E-state index contributed by atoms with van der Waals surface area (Å²) in [5, 5.41) is 22.0. The van der Waals surface area contributed by atoms with Crippen molar-refractivity contribution >= 4 is 5.82 Å². The van der Waals surface area contributed by atoms with Gasteiger partial charge in [0.2, 0.25) is 0 Å². The number of nitrogens with zero attached hydrogens (tertiary/aromatic N) is 3. The van der Waals surface area contributed by atoms with Crippen LogP contribution in [0.4, 0.5) is 5.82 Å². The van der Waals surface area contributed by atoms with E-state index in [1.54, 1.807) is 0 Å². The Balaban J connectivity index is 1.59. The maximum atomic E-state index is 12.1. The molecule has 0 spiro atoms. The molecule has 5 nitrogen and oxygen atoms in total. The summed E-state index contributed by atoms with van der Waals surface area (Å²) in [6.07, 6.45) is 8.96. The third-order valence-corrected chi connectivity index (χ3v) is 7.18. The SMILES string of the molecule is C#CC1N2CCC(CC2)C1(O)c1ccc(N2CCC(O)C2)nc1Cc1ccccc1. The summed E-state index contributed by atoms with van der Waals surface area (Å²) in [7, 11) is 0. The van der Waals surface area contributed by atoms with Gasteiger partial charge in [-0.3, -0.25) is 4.90 Å². The Morgan fingerprint density at radius 3 is 2.50 bits per heavy atom. The fraction of sp³-hybridized carbons (Fsp3) is 0.480. The monoisotopic (exact) mass is 403 g/mol. The predicted octanol–water partition coefficient (Wildman–Crippen LogP) is 2.16. The van der Waals surface area contributed by atoms with E-state index in [2.05, 4.69) is 27.9 Å². The first kappa shape index (κ1) is 19.6. The summed E-state index contributed by atoms with van der Waals surface area (Å²) in [5.74, 6) is 3.91. The molecule has 0 aliphatic carbocycles. The van der Waals surface area contributed by atoms with Gasteiger partial charge in [-0.2, -0.15) is 0 Å². The number of hydrogen-bond acceptors (Lipinski definition) is 5. The molecule has 1 aromatic carbocycles. The van der Waals surface area contributed by atoms with Crippen molar-refractivity contribution in [1.82, 2.24) is 9.88 Å². The zero-order chi connectivity index (χ0) is 20.7. The average molecular weight is 404 g/mol. The van der Waals surface area contributed by atoms with E-state index in [9.17, 15) is 10.2 Å². The first-order chi connectivity index (χ1) is 14.6. The highest BCUT2D eigenvalue weighted by molar-refractivity contribution is 5.47. The molecule has 3 atom stereocenters. The Morgan fingerprint density at radius 2 is 1.83 bits per heavy atom. The van der Waals surface area contributed by atoms with Crippen LogP contribution in [0.15, 0.2) is 42.5 Å². The second-order valence-electron chi connectivity index (χ2n) is 8.92. The number of pyridine rings is 1. The fourth-order valence-electron chi connectivity index (χ4n) is 5.60. The van der Waals surface area contributed by atoms with E-state index in [0.29, 0.717) is 13.0 Å². The molecule has 2 N–H and O–H groups in total. The van der Waals surface area contributed by atoms with Crippen molar-refractivity contribution in [1.29, 1.82) is 0 Å². The first-order valence-electron chi connectivity index (χ1n) is 11.0. The van der Waals surface area contributed by atoms with Crippen LogP contribution in [-0.2, 0) is 12.0 Å². The number of fused-ring (bicyclic) bond motifs is 3. The Kier molecular flexibility index (Phi) is 5.02. The summed E-state index contributed by atoms with van der Waals surface area (Å²) < 4.78 is 0. The maximum absolute atomic E-state index is 12.1. The van der Waals surface area contributed by atoms with Crippen molar-refractivity contribution in [3.05, 3.63) is 59.3 Å². The van der Waals surface area contributed by atoms with E-state index in [1.165, 1.54) is 0 Å². The molecule has 1 aromatic heterocycles. The van der Waals surface area contributed by atoms with Gasteiger partial charge in [0.15, 0.2) is 0 Å². The van der Waals surface area contributed by atoms with Gasteiger partial charge in [-0.15, -0.1) is 6.42 Å². The van der Waals surface area contributed by atoms with Crippen molar-refractivity contribution in [2.24, 2.45) is 5.92 Å². The van der Waals surface area contributed by atoms with Crippen molar-refractivity contribution < 1.29 is 10.2 Å². The molecule has 2 aromatic rings. The zero-order valence-corrected chi connectivity index (χ0v) is 17.2. The molecule has 4 saturated heterocycles. The number of β-amino-alcohol motifs (C(OH)–C–C–N with tert-alkyl or cyclic N) is 1. The van der Waals surface area contributed by atoms with Crippen LogP contribution in [0.25, 0.3) is 0 Å². The molecule has 6 rings (SSSR count). The molecule has 4 fully saturated rings. The Labute approximate surface area is 178 Å². The first-order valence-corrected chi connectivity index (χ1v) is 11.0. The van der Waals surface area contributed by atoms with Crippen molar-refractivity contribution in [3.63, 3.8) is 0 Å². The molecule has 30 heavy (non-hydrogen) atoms. The zero-order valence-electron chi connectivity index (χ0n) is 17.2. The van der Waals surface area contributed by atoms with E-state index in [1.807, 2.05) is 30.3 Å². The second-order valence-corrected chi connectivity index (χ2v) is 8.92. The highest BCUT2D eigenvalue weighted by atomic mass is 16.3. The molecule has 156 valence electrons. The Morgan fingerprint density at radius 1 is 1.07 bits per heavy atom. The van der Waals surface area contributed by atoms with Crippen molar-refractivity contribution in [3.8, 4) is 12.3 Å². The van der Waals surface area contributed by atoms with E-state index in [-0.39, 0.29) is 18.1 Å². The lowest BCUT2D eigenvalue weighted by atomic mass is 9.66.